The van der Waals surface area contributed by atoms with Crippen LogP contribution in [0.5, 0.6) is 0 Å². The molecule has 0 spiro atoms. The van der Waals surface area contributed by atoms with Gasteiger partial charge in [0.2, 0.25) is 0 Å². The van der Waals surface area contributed by atoms with Gasteiger partial charge >= 0.3 is 5.97 Å². The molecule has 0 unspecified atom stereocenters. The summed E-state index contributed by atoms with van der Waals surface area (Å²) in [4.78, 5) is 18.5. The van der Waals surface area contributed by atoms with Crippen LogP contribution in [0.4, 0.5) is 0 Å². The van der Waals surface area contributed by atoms with Crippen LogP contribution in [0, 0.1) is 5.92 Å². The standard InChI is InChI=1S/C21H29N5O2/c1-3-28-20(27)19-9-11-25(12-10-19)21(22-2)23-13-18-14-24-26(16-18)15-17-7-5-4-6-8-17/h4-8,14,16,19H,3,9-13,15H2,1-2H3,(H,22,23). The smallest absolute Gasteiger partial charge is 0.309 e. The van der Waals surface area contributed by atoms with Gasteiger partial charge in [0.15, 0.2) is 5.96 Å². The van der Waals surface area contributed by atoms with Crippen molar-refractivity contribution in [2.45, 2.75) is 32.9 Å². The second-order valence-corrected chi connectivity index (χ2v) is 6.95. The number of aliphatic imine (C=N–C) groups is 1. The Morgan fingerprint density at radius 2 is 2.00 bits per heavy atom. The Labute approximate surface area is 166 Å². The minimum atomic E-state index is -0.0732. The summed E-state index contributed by atoms with van der Waals surface area (Å²) in [6, 6.07) is 10.3. The summed E-state index contributed by atoms with van der Waals surface area (Å²) >= 11 is 0. The Hall–Kier alpha value is -2.83. The van der Waals surface area contributed by atoms with Crippen LogP contribution in [0.3, 0.4) is 0 Å². The maximum atomic E-state index is 11.9. The van der Waals surface area contributed by atoms with Crippen LogP contribution in [-0.4, -0.2) is 53.4 Å². The lowest BCUT2D eigenvalue weighted by Gasteiger charge is -2.33. The van der Waals surface area contributed by atoms with Gasteiger partial charge in [-0.1, -0.05) is 30.3 Å². The van der Waals surface area contributed by atoms with Crippen LogP contribution in [0.15, 0.2) is 47.7 Å². The Kier molecular flexibility index (Phi) is 7.06. The van der Waals surface area contributed by atoms with E-state index in [2.05, 4.69) is 38.6 Å². The fourth-order valence-corrected chi connectivity index (χ4v) is 3.46. The zero-order valence-corrected chi connectivity index (χ0v) is 16.7. The largest absolute Gasteiger partial charge is 0.466 e. The van der Waals surface area contributed by atoms with E-state index < -0.39 is 0 Å². The lowest BCUT2D eigenvalue weighted by molar-refractivity contribution is -0.149. The quantitative estimate of drug-likeness (QED) is 0.471. The molecule has 0 aliphatic carbocycles. The topological polar surface area (TPSA) is 71.8 Å². The fourth-order valence-electron chi connectivity index (χ4n) is 3.46. The van der Waals surface area contributed by atoms with E-state index in [9.17, 15) is 4.79 Å². The monoisotopic (exact) mass is 383 g/mol. The first-order chi connectivity index (χ1) is 13.7. The Bertz CT molecular complexity index is 779. The summed E-state index contributed by atoms with van der Waals surface area (Å²) in [6.45, 7) is 5.32. The maximum Gasteiger partial charge on any atom is 0.309 e. The van der Waals surface area contributed by atoms with Crippen molar-refractivity contribution in [1.29, 1.82) is 0 Å². The third-order valence-corrected chi connectivity index (χ3v) is 4.95. The number of hydrogen-bond donors (Lipinski definition) is 1. The van der Waals surface area contributed by atoms with Crippen LogP contribution < -0.4 is 5.32 Å². The second-order valence-electron chi connectivity index (χ2n) is 6.95. The molecule has 28 heavy (non-hydrogen) atoms. The number of nitrogens with one attached hydrogen (secondary N) is 1. The molecular formula is C21H29N5O2. The van der Waals surface area contributed by atoms with Crippen LogP contribution in [-0.2, 0) is 22.6 Å². The Balaban J connectivity index is 1.48. The summed E-state index contributed by atoms with van der Waals surface area (Å²) in [5.41, 5.74) is 2.34. The molecule has 1 fully saturated rings. The number of ether oxygens (including phenoxy) is 1. The van der Waals surface area contributed by atoms with Crippen molar-refractivity contribution in [2.75, 3.05) is 26.7 Å². The number of esters is 1. The van der Waals surface area contributed by atoms with Crippen molar-refractivity contribution in [3.8, 4) is 0 Å². The van der Waals surface area contributed by atoms with Crippen LogP contribution in [0.25, 0.3) is 0 Å². The summed E-state index contributed by atoms with van der Waals surface area (Å²) in [7, 11) is 1.79. The lowest BCUT2D eigenvalue weighted by Crippen LogP contribution is -2.46. The molecule has 0 bridgehead atoms. The molecule has 0 atom stereocenters. The van der Waals surface area contributed by atoms with E-state index in [4.69, 9.17) is 4.74 Å². The van der Waals surface area contributed by atoms with Crippen molar-refractivity contribution in [1.82, 2.24) is 20.0 Å². The van der Waals surface area contributed by atoms with Crippen molar-refractivity contribution in [2.24, 2.45) is 10.9 Å². The highest BCUT2D eigenvalue weighted by Gasteiger charge is 2.27. The molecule has 1 aliphatic rings. The number of aromatic nitrogens is 2. The first kappa shape index (κ1) is 19.9. The van der Waals surface area contributed by atoms with Crippen LogP contribution >= 0.6 is 0 Å². The number of guanidine groups is 1. The molecule has 2 aromatic rings. The summed E-state index contributed by atoms with van der Waals surface area (Å²) in [5, 5.41) is 7.85. The van der Waals surface area contributed by atoms with E-state index in [1.165, 1.54) is 5.56 Å². The molecule has 1 aromatic carbocycles. The van der Waals surface area contributed by atoms with E-state index in [0.717, 1.165) is 44.0 Å². The van der Waals surface area contributed by atoms with Gasteiger partial charge < -0.3 is 15.0 Å². The molecular weight excluding hydrogens is 354 g/mol. The zero-order valence-electron chi connectivity index (χ0n) is 16.7. The zero-order chi connectivity index (χ0) is 19.8. The van der Waals surface area contributed by atoms with Crippen LogP contribution in [0.1, 0.15) is 30.9 Å². The van der Waals surface area contributed by atoms with E-state index >= 15 is 0 Å². The van der Waals surface area contributed by atoms with E-state index in [-0.39, 0.29) is 11.9 Å². The molecule has 7 heteroatoms. The van der Waals surface area contributed by atoms with Crippen LogP contribution in [0.2, 0.25) is 0 Å². The molecule has 0 amide bonds. The average Bonchev–Trinajstić information content (AvgIpc) is 3.17. The lowest BCUT2D eigenvalue weighted by atomic mass is 9.97. The number of carbonyl (C=O) groups excluding carboxylic acids is 1. The number of rotatable bonds is 6. The SMILES string of the molecule is CCOC(=O)C1CCN(C(=NC)NCc2cnn(Cc3ccccc3)c2)CC1. The van der Waals surface area contributed by atoms with E-state index in [1.807, 2.05) is 36.0 Å². The Morgan fingerprint density at radius 1 is 1.25 bits per heavy atom. The third kappa shape index (κ3) is 5.34. The normalized spacial score (nSPS) is 15.5. The molecule has 1 N–H and O–H groups in total. The highest BCUT2D eigenvalue weighted by molar-refractivity contribution is 5.80. The molecule has 0 radical (unpaired) electrons. The second kappa shape index (κ2) is 9.92. The minimum absolute atomic E-state index is 0.00512. The summed E-state index contributed by atoms with van der Waals surface area (Å²) in [5.74, 6) is 0.791. The van der Waals surface area contributed by atoms with Gasteiger partial charge in [0.25, 0.3) is 0 Å². The highest BCUT2D eigenvalue weighted by atomic mass is 16.5. The number of benzene rings is 1. The molecule has 3 rings (SSSR count). The van der Waals surface area contributed by atoms with Gasteiger partial charge in [0, 0.05) is 38.4 Å². The average molecular weight is 383 g/mol. The summed E-state index contributed by atoms with van der Waals surface area (Å²) < 4.78 is 7.09. The van der Waals surface area contributed by atoms with Gasteiger partial charge in [-0.3, -0.25) is 14.5 Å². The predicted molar refractivity (Wildman–Crippen MR) is 109 cm³/mol. The molecule has 150 valence electrons. The van der Waals surface area contributed by atoms with Gasteiger partial charge in [-0.25, -0.2) is 0 Å². The highest BCUT2D eigenvalue weighted by Crippen LogP contribution is 2.18. The molecule has 0 saturated carbocycles. The van der Waals surface area contributed by atoms with Gasteiger partial charge in [-0.2, -0.15) is 5.10 Å². The first-order valence-electron chi connectivity index (χ1n) is 9.87. The predicted octanol–water partition coefficient (Wildman–Crippen LogP) is 2.28. The van der Waals surface area contributed by atoms with Gasteiger partial charge in [0.1, 0.15) is 0 Å². The van der Waals surface area contributed by atoms with E-state index in [1.54, 1.807) is 7.05 Å². The van der Waals surface area contributed by atoms with Gasteiger partial charge in [0.05, 0.1) is 25.3 Å². The number of likely N-dealkylation sites (tertiary alicyclic amines) is 1. The van der Waals surface area contributed by atoms with Crippen molar-refractivity contribution >= 4 is 11.9 Å². The van der Waals surface area contributed by atoms with Crippen molar-refractivity contribution in [3.63, 3.8) is 0 Å². The molecule has 2 heterocycles. The first-order valence-corrected chi connectivity index (χ1v) is 9.87. The number of hydrogen-bond acceptors (Lipinski definition) is 4. The third-order valence-electron chi connectivity index (χ3n) is 4.95. The van der Waals surface area contributed by atoms with Gasteiger partial charge in [-0.05, 0) is 25.3 Å². The fraction of sp³-hybridized carbons (Fsp3) is 0.476. The molecule has 1 aliphatic heterocycles. The number of carbonyl (C=O) groups is 1. The van der Waals surface area contributed by atoms with Crippen molar-refractivity contribution < 1.29 is 9.53 Å². The van der Waals surface area contributed by atoms with Crippen molar-refractivity contribution in [3.05, 3.63) is 53.9 Å². The molecule has 7 nitrogen and oxygen atoms in total. The van der Waals surface area contributed by atoms with Gasteiger partial charge in [-0.15, -0.1) is 0 Å². The maximum absolute atomic E-state index is 11.9. The number of nitrogens with zero attached hydrogens (tertiary/aromatic N) is 4. The minimum Gasteiger partial charge on any atom is -0.466 e. The molecule has 1 saturated heterocycles. The van der Waals surface area contributed by atoms with E-state index in [0.29, 0.717) is 13.2 Å². The molecule has 1 aromatic heterocycles. The number of piperidine rings is 1. The Morgan fingerprint density at radius 3 is 2.68 bits per heavy atom. The summed E-state index contributed by atoms with van der Waals surface area (Å²) in [6.07, 6.45) is 5.54.